The van der Waals surface area contributed by atoms with E-state index in [4.69, 9.17) is 0 Å². The van der Waals surface area contributed by atoms with E-state index in [2.05, 4.69) is 4.98 Å². The third-order valence-electron chi connectivity index (χ3n) is 6.11. The Kier molecular flexibility index (Phi) is 4.87. The number of hydrogen-bond donors (Lipinski definition) is 2. The number of ketones is 1. The Hall–Kier alpha value is -3.77. The van der Waals surface area contributed by atoms with Gasteiger partial charge in [0.1, 0.15) is 5.82 Å². The molecule has 1 atom stereocenters. The molecule has 5 nitrogen and oxygen atoms in total. The number of para-hydroxylation sites is 2. The van der Waals surface area contributed by atoms with Gasteiger partial charge in [0.05, 0.1) is 17.7 Å². The topological polar surface area (TPSA) is 73.4 Å². The lowest BCUT2D eigenvalue weighted by Crippen LogP contribution is -2.42. The van der Waals surface area contributed by atoms with Crippen molar-refractivity contribution in [1.29, 1.82) is 0 Å². The van der Waals surface area contributed by atoms with Crippen molar-refractivity contribution in [3.05, 3.63) is 102 Å². The fourth-order valence-corrected chi connectivity index (χ4v) is 4.49. The first kappa shape index (κ1) is 20.2. The van der Waals surface area contributed by atoms with E-state index in [-0.39, 0.29) is 5.56 Å². The van der Waals surface area contributed by atoms with Crippen LogP contribution in [-0.4, -0.2) is 28.3 Å². The number of aliphatic hydroxyl groups is 1. The number of rotatable bonds is 6. The van der Waals surface area contributed by atoms with Crippen molar-refractivity contribution in [3.63, 3.8) is 0 Å². The van der Waals surface area contributed by atoms with Crippen LogP contribution in [0.25, 0.3) is 10.9 Å². The zero-order chi connectivity index (χ0) is 22.3. The maximum atomic E-state index is 14.1. The highest BCUT2D eigenvalue weighted by atomic mass is 19.1. The summed E-state index contributed by atoms with van der Waals surface area (Å²) < 4.78 is 14.1. The monoisotopic (exact) mass is 428 g/mol. The molecule has 32 heavy (non-hydrogen) atoms. The number of anilines is 1. The molecule has 0 bridgehead atoms. The second-order valence-electron chi connectivity index (χ2n) is 8.02. The van der Waals surface area contributed by atoms with Gasteiger partial charge in [-0.25, -0.2) is 4.39 Å². The summed E-state index contributed by atoms with van der Waals surface area (Å²) in [5.41, 5.74) is 0.848. The van der Waals surface area contributed by atoms with Gasteiger partial charge in [0.2, 0.25) is 0 Å². The molecule has 1 aliphatic heterocycles. The minimum absolute atomic E-state index is 0.136. The molecule has 2 N–H and O–H groups in total. The van der Waals surface area contributed by atoms with E-state index in [9.17, 15) is 19.1 Å². The van der Waals surface area contributed by atoms with E-state index in [1.54, 1.807) is 30.3 Å². The predicted octanol–water partition coefficient (Wildman–Crippen LogP) is 4.36. The van der Waals surface area contributed by atoms with Crippen LogP contribution in [0.1, 0.15) is 27.9 Å². The van der Waals surface area contributed by atoms with Crippen LogP contribution >= 0.6 is 0 Å². The summed E-state index contributed by atoms with van der Waals surface area (Å²) in [5.74, 6) is -1.86. The average molecular weight is 428 g/mol. The number of nitrogens with one attached hydrogen (secondary N) is 1. The van der Waals surface area contributed by atoms with Crippen molar-refractivity contribution >= 4 is 28.3 Å². The lowest BCUT2D eigenvalue weighted by Gasteiger charge is -2.23. The van der Waals surface area contributed by atoms with Crippen molar-refractivity contribution in [2.75, 3.05) is 11.4 Å². The van der Waals surface area contributed by atoms with Crippen LogP contribution in [0.5, 0.6) is 0 Å². The molecule has 0 fully saturated rings. The molecule has 160 valence electrons. The van der Waals surface area contributed by atoms with E-state index in [1.807, 2.05) is 30.5 Å². The standard InChI is InChI=1S/C26H21FN2O3/c27-21-10-4-1-8-19(21)24(30)15-26(32)20-9-3-6-12-23(20)29(25(26)31)14-13-17-16-28-22-11-5-2-7-18(17)22/h1-12,16,28,32H,13-15H2/t26-/m1/s1. The van der Waals surface area contributed by atoms with Crippen LogP contribution in [0.4, 0.5) is 10.1 Å². The smallest absolute Gasteiger partial charge is 0.264 e. The molecule has 5 rings (SSSR count). The van der Waals surface area contributed by atoms with Gasteiger partial charge in [0, 0.05) is 29.2 Å². The molecule has 0 aliphatic carbocycles. The van der Waals surface area contributed by atoms with Crippen LogP contribution < -0.4 is 4.90 Å². The highest BCUT2D eigenvalue weighted by molar-refractivity contribution is 6.10. The van der Waals surface area contributed by atoms with E-state index < -0.39 is 29.5 Å². The molecular weight excluding hydrogens is 407 g/mol. The Bertz CT molecular complexity index is 1350. The normalized spacial score (nSPS) is 17.7. The number of amides is 1. The molecular formula is C26H21FN2O3. The summed E-state index contributed by atoms with van der Waals surface area (Å²) in [7, 11) is 0. The molecule has 4 aromatic rings. The molecule has 2 heterocycles. The number of halogens is 1. The van der Waals surface area contributed by atoms with Crippen LogP contribution in [0, 0.1) is 5.82 Å². The number of fused-ring (bicyclic) bond motifs is 2. The van der Waals surface area contributed by atoms with Crippen LogP contribution in [0.15, 0.2) is 79.0 Å². The minimum Gasteiger partial charge on any atom is -0.375 e. The highest BCUT2D eigenvalue weighted by Gasteiger charge is 2.50. The van der Waals surface area contributed by atoms with Crippen molar-refractivity contribution in [3.8, 4) is 0 Å². The number of aromatic amines is 1. The molecule has 6 heteroatoms. The van der Waals surface area contributed by atoms with Gasteiger partial charge in [-0.2, -0.15) is 0 Å². The summed E-state index contributed by atoms with van der Waals surface area (Å²) in [6.45, 7) is 0.341. The first-order valence-corrected chi connectivity index (χ1v) is 10.5. The number of carbonyl (C=O) groups is 2. The van der Waals surface area contributed by atoms with E-state index >= 15 is 0 Å². The third-order valence-corrected chi connectivity index (χ3v) is 6.11. The zero-order valence-electron chi connectivity index (χ0n) is 17.2. The fourth-order valence-electron chi connectivity index (χ4n) is 4.49. The Morgan fingerprint density at radius 3 is 2.56 bits per heavy atom. The Balaban J connectivity index is 1.44. The summed E-state index contributed by atoms with van der Waals surface area (Å²) in [6, 6.07) is 20.4. The van der Waals surface area contributed by atoms with Gasteiger partial charge in [0.15, 0.2) is 11.4 Å². The van der Waals surface area contributed by atoms with E-state index in [0.717, 1.165) is 16.5 Å². The predicted molar refractivity (Wildman–Crippen MR) is 120 cm³/mol. The fraction of sp³-hybridized carbons (Fsp3) is 0.154. The lowest BCUT2D eigenvalue weighted by atomic mass is 9.88. The highest BCUT2D eigenvalue weighted by Crippen LogP contribution is 2.43. The molecule has 1 amide bonds. The van der Waals surface area contributed by atoms with Crippen molar-refractivity contribution in [2.24, 2.45) is 0 Å². The molecule has 0 saturated carbocycles. The maximum absolute atomic E-state index is 14.1. The Morgan fingerprint density at radius 2 is 1.72 bits per heavy atom. The summed E-state index contributed by atoms with van der Waals surface area (Å²) in [6.07, 6.45) is 1.97. The molecule has 0 unspecified atom stereocenters. The van der Waals surface area contributed by atoms with Gasteiger partial charge in [0.25, 0.3) is 5.91 Å². The van der Waals surface area contributed by atoms with Gasteiger partial charge in [-0.05, 0) is 36.2 Å². The van der Waals surface area contributed by atoms with Gasteiger partial charge in [-0.15, -0.1) is 0 Å². The molecule has 3 aromatic carbocycles. The minimum atomic E-state index is -2.03. The second-order valence-corrected chi connectivity index (χ2v) is 8.02. The molecule has 1 aliphatic rings. The molecule has 0 radical (unpaired) electrons. The van der Waals surface area contributed by atoms with Crippen molar-refractivity contribution in [2.45, 2.75) is 18.4 Å². The average Bonchev–Trinajstić information content (AvgIpc) is 3.30. The van der Waals surface area contributed by atoms with Gasteiger partial charge in [-0.3, -0.25) is 9.59 Å². The van der Waals surface area contributed by atoms with Crippen molar-refractivity contribution < 1.29 is 19.1 Å². The molecule has 0 spiro atoms. The molecule has 1 aromatic heterocycles. The SMILES string of the molecule is O=C(C[C@]1(O)C(=O)N(CCc2c[nH]c3ccccc23)c2ccccc21)c1ccccc1F. The number of H-pyrrole nitrogens is 1. The number of benzene rings is 3. The Labute approximate surface area is 184 Å². The first-order valence-electron chi connectivity index (χ1n) is 10.5. The number of hydrogen-bond acceptors (Lipinski definition) is 3. The van der Waals surface area contributed by atoms with Crippen LogP contribution in [0.3, 0.4) is 0 Å². The third kappa shape index (κ3) is 3.20. The van der Waals surface area contributed by atoms with Gasteiger partial charge < -0.3 is 15.0 Å². The number of Topliss-reactive ketones (excluding diaryl/α,β-unsaturated/α-hetero) is 1. The Morgan fingerprint density at radius 1 is 1.00 bits per heavy atom. The van der Waals surface area contributed by atoms with E-state index in [1.165, 1.54) is 23.1 Å². The van der Waals surface area contributed by atoms with Gasteiger partial charge >= 0.3 is 0 Å². The number of carbonyl (C=O) groups excluding carboxylic acids is 2. The quantitative estimate of drug-likeness (QED) is 0.448. The largest absolute Gasteiger partial charge is 0.375 e. The maximum Gasteiger partial charge on any atom is 0.264 e. The number of aromatic nitrogens is 1. The van der Waals surface area contributed by atoms with Gasteiger partial charge in [-0.1, -0.05) is 48.5 Å². The molecule has 0 saturated heterocycles. The van der Waals surface area contributed by atoms with Crippen LogP contribution in [-0.2, 0) is 16.8 Å². The first-order chi connectivity index (χ1) is 15.5. The summed E-state index contributed by atoms with van der Waals surface area (Å²) >= 11 is 0. The second kappa shape index (κ2) is 7.73. The number of nitrogens with zero attached hydrogens (tertiary/aromatic N) is 1. The summed E-state index contributed by atoms with van der Waals surface area (Å²) in [5, 5.41) is 12.5. The van der Waals surface area contributed by atoms with Crippen LogP contribution in [0.2, 0.25) is 0 Å². The summed E-state index contributed by atoms with van der Waals surface area (Å²) in [4.78, 5) is 30.9. The van der Waals surface area contributed by atoms with E-state index in [0.29, 0.717) is 24.2 Å². The van der Waals surface area contributed by atoms with Crippen molar-refractivity contribution in [1.82, 2.24) is 4.98 Å². The zero-order valence-corrected chi connectivity index (χ0v) is 17.2. The lowest BCUT2D eigenvalue weighted by molar-refractivity contribution is -0.135.